The van der Waals surface area contributed by atoms with Gasteiger partial charge in [0.05, 0.1) is 11.8 Å². The van der Waals surface area contributed by atoms with Crippen molar-refractivity contribution in [2.45, 2.75) is 20.3 Å². The van der Waals surface area contributed by atoms with Gasteiger partial charge in [0.25, 0.3) is 5.91 Å². The largest absolute Gasteiger partial charge is 0.352 e. The summed E-state index contributed by atoms with van der Waals surface area (Å²) in [6.45, 7) is 8.15. The first-order chi connectivity index (χ1) is 7.77. The van der Waals surface area contributed by atoms with Crippen LogP contribution in [0.5, 0.6) is 0 Å². The molecule has 0 bridgehead atoms. The fraction of sp³-hybridized carbons (Fsp3) is 0.636. The van der Waals surface area contributed by atoms with E-state index in [-0.39, 0.29) is 5.91 Å². The molecule has 5 heteroatoms. The highest BCUT2D eigenvalue weighted by molar-refractivity contribution is 5.93. The van der Waals surface area contributed by atoms with Crippen molar-refractivity contribution in [2.24, 2.45) is 0 Å². The Bertz CT molecular complexity index is 293. The lowest BCUT2D eigenvalue weighted by Gasteiger charge is -2.17. The number of nitrogens with one attached hydrogen (secondary N) is 2. The van der Waals surface area contributed by atoms with Gasteiger partial charge < -0.3 is 10.2 Å². The predicted octanol–water partition coefficient (Wildman–Crippen LogP) is 0.871. The quantitative estimate of drug-likeness (QED) is 0.676. The molecule has 0 spiro atoms. The molecule has 0 saturated heterocycles. The molecule has 0 radical (unpaired) electrons. The molecular formula is C11H20N4O. The highest BCUT2D eigenvalue weighted by atomic mass is 16.1. The van der Waals surface area contributed by atoms with Crippen molar-refractivity contribution in [2.75, 3.05) is 26.2 Å². The van der Waals surface area contributed by atoms with E-state index in [2.05, 4.69) is 34.3 Å². The lowest BCUT2D eigenvalue weighted by molar-refractivity contribution is 0.0952. The van der Waals surface area contributed by atoms with Gasteiger partial charge in [-0.15, -0.1) is 0 Å². The molecule has 0 fully saturated rings. The molecule has 1 rings (SSSR count). The molecule has 0 aliphatic rings. The summed E-state index contributed by atoms with van der Waals surface area (Å²) in [5.41, 5.74) is 0.586. The van der Waals surface area contributed by atoms with Crippen LogP contribution in [-0.2, 0) is 0 Å². The molecule has 1 amide bonds. The van der Waals surface area contributed by atoms with Crippen LogP contribution in [0.3, 0.4) is 0 Å². The van der Waals surface area contributed by atoms with E-state index in [0.717, 1.165) is 26.1 Å². The van der Waals surface area contributed by atoms with Crippen LogP contribution in [0.1, 0.15) is 30.6 Å². The summed E-state index contributed by atoms with van der Waals surface area (Å²) in [4.78, 5) is 13.8. The van der Waals surface area contributed by atoms with Gasteiger partial charge >= 0.3 is 0 Å². The Morgan fingerprint density at radius 1 is 1.50 bits per heavy atom. The number of carbonyl (C=O) groups is 1. The van der Waals surface area contributed by atoms with Crippen LogP contribution < -0.4 is 5.32 Å². The Morgan fingerprint density at radius 2 is 2.25 bits per heavy atom. The summed E-state index contributed by atoms with van der Waals surface area (Å²) >= 11 is 0. The van der Waals surface area contributed by atoms with Gasteiger partial charge in [-0.1, -0.05) is 13.8 Å². The Kier molecular flexibility index (Phi) is 5.56. The minimum atomic E-state index is -0.0618. The van der Waals surface area contributed by atoms with E-state index in [4.69, 9.17) is 0 Å². The summed E-state index contributed by atoms with van der Waals surface area (Å²) < 4.78 is 0. The third kappa shape index (κ3) is 4.02. The molecule has 0 aliphatic heterocycles. The van der Waals surface area contributed by atoms with E-state index < -0.39 is 0 Å². The second kappa shape index (κ2) is 7.00. The second-order valence-corrected chi connectivity index (χ2v) is 3.62. The molecule has 1 aromatic heterocycles. The molecule has 0 aliphatic carbocycles. The van der Waals surface area contributed by atoms with Crippen LogP contribution in [0.2, 0.25) is 0 Å². The van der Waals surface area contributed by atoms with Crippen molar-refractivity contribution in [3.05, 3.63) is 18.0 Å². The van der Waals surface area contributed by atoms with E-state index in [1.54, 1.807) is 6.20 Å². The van der Waals surface area contributed by atoms with Crippen molar-refractivity contribution < 1.29 is 4.79 Å². The van der Waals surface area contributed by atoms with Gasteiger partial charge in [0, 0.05) is 12.7 Å². The average Bonchev–Trinajstić information content (AvgIpc) is 2.82. The summed E-state index contributed by atoms with van der Waals surface area (Å²) in [5.74, 6) is -0.0618. The lowest BCUT2D eigenvalue weighted by Crippen LogP contribution is -2.29. The highest BCUT2D eigenvalue weighted by Gasteiger charge is 2.05. The first-order valence-corrected chi connectivity index (χ1v) is 5.77. The van der Waals surface area contributed by atoms with Crippen LogP contribution in [-0.4, -0.2) is 47.2 Å². The van der Waals surface area contributed by atoms with Crippen LogP contribution in [0.15, 0.2) is 12.4 Å². The van der Waals surface area contributed by atoms with Gasteiger partial charge in [-0.25, -0.2) is 0 Å². The lowest BCUT2D eigenvalue weighted by atomic mass is 10.3. The molecule has 1 aromatic rings. The number of H-pyrrole nitrogens is 1. The number of aromatic amines is 1. The molecule has 0 atom stereocenters. The third-order valence-electron chi connectivity index (χ3n) is 2.59. The van der Waals surface area contributed by atoms with Gasteiger partial charge in [0.1, 0.15) is 0 Å². The van der Waals surface area contributed by atoms with Crippen LogP contribution in [0.25, 0.3) is 0 Å². The fourth-order valence-corrected chi connectivity index (χ4v) is 1.52. The molecule has 0 unspecified atom stereocenters. The van der Waals surface area contributed by atoms with Gasteiger partial charge in [-0.2, -0.15) is 5.10 Å². The highest BCUT2D eigenvalue weighted by Crippen LogP contribution is 1.94. The first-order valence-electron chi connectivity index (χ1n) is 5.77. The predicted molar refractivity (Wildman–Crippen MR) is 63.3 cm³/mol. The van der Waals surface area contributed by atoms with Crippen molar-refractivity contribution in [1.29, 1.82) is 0 Å². The van der Waals surface area contributed by atoms with E-state index in [1.807, 2.05) is 0 Å². The smallest absolute Gasteiger partial charge is 0.254 e. The van der Waals surface area contributed by atoms with E-state index in [9.17, 15) is 4.79 Å². The summed E-state index contributed by atoms with van der Waals surface area (Å²) in [6, 6.07) is 0. The SMILES string of the molecule is CCN(CC)CCCNC(=O)c1cn[nH]c1. The number of carbonyl (C=O) groups excluding carboxylic acids is 1. The monoisotopic (exact) mass is 224 g/mol. The average molecular weight is 224 g/mol. The normalized spacial score (nSPS) is 10.7. The molecule has 2 N–H and O–H groups in total. The summed E-state index contributed by atoms with van der Waals surface area (Å²) in [6.07, 6.45) is 4.10. The standard InChI is InChI=1S/C11H20N4O/c1-3-15(4-2)7-5-6-12-11(16)10-8-13-14-9-10/h8-9H,3-7H2,1-2H3,(H,12,16)(H,13,14). The Balaban J connectivity index is 2.14. The van der Waals surface area contributed by atoms with Crippen LogP contribution >= 0.6 is 0 Å². The Labute approximate surface area is 96.2 Å². The minimum absolute atomic E-state index is 0.0618. The van der Waals surface area contributed by atoms with Crippen molar-refractivity contribution in [3.8, 4) is 0 Å². The van der Waals surface area contributed by atoms with Gasteiger partial charge in [0.15, 0.2) is 0 Å². The van der Waals surface area contributed by atoms with Crippen LogP contribution in [0.4, 0.5) is 0 Å². The summed E-state index contributed by atoms with van der Waals surface area (Å²) in [5, 5.41) is 9.21. The van der Waals surface area contributed by atoms with E-state index >= 15 is 0 Å². The third-order valence-corrected chi connectivity index (χ3v) is 2.59. The van der Waals surface area contributed by atoms with Gasteiger partial charge in [0.2, 0.25) is 0 Å². The Hall–Kier alpha value is -1.36. The molecule has 0 saturated carbocycles. The van der Waals surface area contributed by atoms with Gasteiger partial charge in [-0.3, -0.25) is 9.89 Å². The van der Waals surface area contributed by atoms with Crippen molar-refractivity contribution >= 4 is 5.91 Å². The zero-order valence-electron chi connectivity index (χ0n) is 9.99. The number of hydrogen-bond acceptors (Lipinski definition) is 3. The van der Waals surface area contributed by atoms with Gasteiger partial charge in [-0.05, 0) is 26.1 Å². The number of aromatic nitrogens is 2. The number of amides is 1. The molecule has 90 valence electrons. The Morgan fingerprint density at radius 3 is 2.81 bits per heavy atom. The zero-order valence-corrected chi connectivity index (χ0v) is 9.99. The fourth-order valence-electron chi connectivity index (χ4n) is 1.52. The number of nitrogens with zero attached hydrogens (tertiary/aromatic N) is 2. The zero-order chi connectivity index (χ0) is 11.8. The second-order valence-electron chi connectivity index (χ2n) is 3.62. The topological polar surface area (TPSA) is 61.0 Å². The molecule has 1 heterocycles. The van der Waals surface area contributed by atoms with Crippen molar-refractivity contribution in [1.82, 2.24) is 20.4 Å². The maximum atomic E-state index is 11.5. The number of rotatable bonds is 7. The number of hydrogen-bond donors (Lipinski definition) is 2. The molecular weight excluding hydrogens is 204 g/mol. The molecule has 16 heavy (non-hydrogen) atoms. The van der Waals surface area contributed by atoms with Crippen molar-refractivity contribution in [3.63, 3.8) is 0 Å². The van der Waals surface area contributed by atoms with E-state index in [1.165, 1.54) is 6.20 Å². The summed E-state index contributed by atoms with van der Waals surface area (Å²) in [7, 11) is 0. The molecule has 0 aromatic carbocycles. The maximum absolute atomic E-state index is 11.5. The molecule has 5 nitrogen and oxygen atoms in total. The maximum Gasteiger partial charge on any atom is 0.254 e. The minimum Gasteiger partial charge on any atom is -0.352 e. The van der Waals surface area contributed by atoms with E-state index in [0.29, 0.717) is 12.1 Å². The first kappa shape index (κ1) is 12.7. The van der Waals surface area contributed by atoms with Crippen LogP contribution in [0, 0.1) is 0 Å².